The summed E-state index contributed by atoms with van der Waals surface area (Å²) >= 11 is 0. The molecule has 140 valence electrons. The molecule has 1 aliphatic rings. The van der Waals surface area contributed by atoms with E-state index in [4.69, 9.17) is 4.74 Å². The van der Waals surface area contributed by atoms with Gasteiger partial charge in [0, 0.05) is 31.6 Å². The van der Waals surface area contributed by atoms with Crippen molar-refractivity contribution in [3.05, 3.63) is 47.5 Å². The van der Waals surface area contributed by atoms with Crippen molar-refractivity contribution >= 4 is 5.91 Å². The molecule has 0 aliphatic heterocycles. The molecule has 0 radical (unpaired) electrons. The second kappa shape index (κ2) is 8.39. The third-order valence-corrected chi connectivity index (χ3v) is 5.18. The first-order valence-corrected chi connectivity index (χ1v) is 9.52. The lowest BCUT2D eigenvalue weighted by Gasteiger charge is -2.26. The summed E-state index contributed by atoms with van der Waals surface area (Å²) in [6.45, 7) is 4.93. The minimum absolute atomic E-state index is 0.0779. The molecule has 3 rings (SSSR count). The Labute approximate surface area is 155 Å². The second-order valence-electron chi connectivity index (χ2n) is 7.41. The Morgan fingerprint density at radius 1 is 1.38 bits per heavy atom. The van der Waals surface area contributed by atoms with Crippen molar-refractivity contribution in [3.63, 3.8) is 0 Å². The normalized spacial score (nSPS) is 17.4. The van der Waals surface area contributed by atoms with E-state index in [0.717, 1.165) is 55.8 Å². The van der Waals surface area contributed by atoms with E-state index in [2.05, 4.69) is 35.9 Å². The highest BCUT2D eigenvalue weighted by atomic mass is 16.5. The molecule has 0 saturated heterocycles. The Morgan fingerprint density at radius 3 is 2.92 bits per heavy atom. The molecule has 26 heavy (non-hydrogen) atoms. The Morgan fingerprint density at radius 2 is 2.15 bits per heavy atom. The monoisotopic (exact) mass is 355 g/mol. The molecule has 5 nitrogen and oxygen atoms in total. The van der Waals surface area contributed by atoms with Crippen LogP contribution in [0.25, 0.3) is 0 Å². The molecule has 0 bridgehead atoms. The molecule has 1 aliphatic carbocycles. The molecule has 1 aromatic heterocycles. The molecule has 0 saturated carbocycles. The molecule has 1 aromatic carbocycles. The molecule has 2 atom stereocenters. The summed E-state index contributed by atoms with van der Waals surface area (Å²) in [7, 11) is 1.91. The average Bonchev–Trinajstić information content (AvgIpc) is 3.10. The zero-order valence-corrected chi connectivity index (χ0v) is 16.0. The Bertz CT molecular complexity index is 723. The standard InChI is InChI=1S/C21H29N3O2/c1-15-6-9-18(10-7-15)26-16(2)5-4-12-24(3)21(25)17-8-11-19-20(13-17)23-14-22-19/h6-7,9-10,14,16-17H,4-5,8,11-13H2,1-3H3,(H,22,23). The number of aromatic nitrogens is 2. The largest absolute Gasteiger partial charge is 0.491 e. The first kappa shape index (κ1) is 18.5. The summed E-state index contributed by atoms with van der Waals surface area (Å²) in [5.41, 5.74) is 3.48. The number of fused-ring (bicyclic) bond motifs is 1. The first-order chi connectivity index (χ1) is 12.5. The second-order valence-corrected chi connectivity index (χ2v) is 7.41. The quantitative estimate of drug-likeness (QED) is 0.826. The maximum Gasteiger partial charge on any atom is 0.225 e. The van der Waals surface area contributed by atoms with Crippen LogP contribution in [0.5, 0.6) is 5.75 Å². The van der Waals surface area contributed by atoms with Gasteiger partial charge in [-0.3, -0.25) is 4.79 Å². The van der Waals surface area contributed by atoms with Crippen molar-refractivity contribution < 1.29 is 9.53 Å². The number of rotatable bonds is 7. The minimum Gasteiger partial charge on any atom is -0.491 e. The fourth-order valence-electron chi connectivity index (χ4n) is 3.56. The van der Waals surface area contributed by atoms with E-state index in [1.807, 2.05) is 24.1 Å². The molecule has 1 N–H and O–H groups in total. The van der Waals surface area contributed by atoms with Crippen LogP contribution in [-0.2, 0) is 17.6 Å². The molecular formula is C21H29N3O2. The van der Waals surface area contributed by atoms with E-state index in [9.17, 15) is 4.79 Å². The number of nitrogens with one attached hydrogen (secondary N) is 1. The van der Waals surface area contributed by atoms with E-state index in [1.54, 1.807) is 6.33 Å². The minimum atomic E-state index is 0.0779. The molecule has 0 spiro atoms. The highest BCUT2D eigenvalue weighted by molar-refractivity contribution is 5.79. The van der Waals surface area contributed by atoms with E-state index >= 15 is 0 Å². The number of hydrogen-bond donors (Lipinski definition) is 1. The number of aromatic amines is 1. The lowest BCUT2D eigenvalue weighted by molar-refractivity contribution is -0.134. The van der Waals surface area contributed by atoms with Crippen molar-refractivity contribution in [2.45, 2.75) is 52.1 Å². The van der Waals surface area contributed by atoms with Crippen molar-refractivity contribution in [1.82, 2.24) is 14.9 Å². The van der Waals surface area contributed by atoms with Crippen LogP contribution in [0.4, 0.5) is 0 Å². The predicted molar refractivity (Wildman–Crippen MR) is 102 cm³/mol. The van der Waals surface area contributed by atoms with E-state index in [1.165, 1.54) is 5.56 Å². The zero-order valence-electron chi connectivity index (χ0n) is 16.0. The SMILES string of the molecule is Cc1ccc(OC(C)CCCN(C)C(=O)C2CCc3nc[nH]c3C2)cc1. The first-order valence-electron chi connectivity index (χ1n) is 9.52. The van der Waals surface area contributed by atoms with Crippen LogP contribution in [0.3, 0.4) is 0 Å². The van der Waals surface area contributed by atoms with Crippen molar-refractivity contribution in [2.24, 2.45) is 5.92 Å². The number of ether oxygens (including phenoxy) is 1. The number of nitrogens with zero attached hydrogens (tertiary/aromatic N) is 2. The molecule has 2 aromatic rings. The van der Waals surface area contributed by atoms with Crippen molar-refractivity contribution in [2.75, 3.05) is 13.6 Å². The van der Waals surface area contributed by atoms with Gasteiger partial charge in [-0.25, -0.2) is 4.98 Å². The fraction of sp³-hybridized carbons (Fsp3) is 0.524. The molecule has 5 heteroatoms. The maximum atomic E-state index is 12.7. The van der Waals surface area contributed by atoms with Gasteiger partial charge in [0.05, 0.1) is 18.1 Å². The van der Waals surface area contributed by atoms with E-state index < -0.39 is 0 Å². The number of carbonyl (C=O) groups is 1. The summed E-state index contributed by atoms with van der Waals surface area (Å²) in [4.78, 5) is 22.0. The van der Waals surface area contributed by atoms with Crippen molar-refractivity contribution in [1.29, 1.82) is 0 Å². The number of carbonyl (C=O) groups excluding carboxylic acids is 1. The smallest absolute Gasteiger partial charge is 0.225 e. The van der Waals surface area contributed by atoms with Gasteiger partial charge in [-0.15, -0.1) is 0 Å². The number of imidazole rings is 1. The average molecular weight is 355 g/mol. The van der Waals surface area contributed by atoms with Crippen LogP contribution in [0.15, 0.2) is 30.6 Å². The molecule has 1 amide bonds. The summed E-state index contributed by atoms with van der Waals surface area (Å²) in [5.74, 6) is 1.23. The fourth-order valence-corrected chi connectivity index (χ4v) is 3.56. The maximum absolute atomic E-state index is 12.7. The Balaban J connectivity index is 1.40. The van der Waals surface area contributed by atoms with Gasteiger partial charge >= 0.3 is 0 Å². The highest BCUT2D eigenvalue weighted by Gasteiger charge is 2.28. The van der Waals surface area contributed by atoms with Crippen LogP contribution in [0.2, 0.25) is 0 Å². The van der Waals surface area contributed by atoms with Gasteiger partial charge in [0.25, 0.3) is 0 Å². The predicted octanol–water partition coefficient (Wildman–Crippen LogP) is 3.53. The van der Waals surface area contributed by atoms with E-state index in [-0.39, 0.29) is 17.9 Å². The van der Waals surface area contributed by atoms with Gasteiger partial charge < -0.3 is 14.6 Å². The lowest BCUT2D eigenvalue weighted by atomic mass is 9.89. The van der Waals surface area contributed by atoms with Crippen LogP contribution in [0, 0.1) is 12.8 Å². The Kier molecular flexibility index (Phi) is 5.96. The topological polar surface area (TPSA) is 58.2 Å². The van der Waals surface area contributed by atoms with Gasteiger partial charge in [-0.2, -0.15) is 0 Å². The van der Waals surface area contributed by atoms with Gasteiger partial charge in [-0.1, -0.05) is 17.7 Å². The van der Waals surface area contributed by atoms with Crippen LogP contribution in [-0.4, -0.2) is 40.5 Å². The van der Waals surface area contributed by atoms with Gasteiger partial charge in [0.1, 0.15) is 5.75 Å². The highest BCUT2D eigenvalue weighted by Crippen LogP contribution is 2.24. The molecule has 0 fully saturated rings. The summed E-state index contributed by atoms with van der Waals surface area (Å²) < 4.78 is 5.94. The third kappa shape index (κ3) is 4.65. The van der Waals surface area contributed by atoms with Gasteiger partial charge in [0.2, 0.25) is 5.91 Å². The third-order valence-electron chi connectivity index (χ3n) is 5.18. The van der Waals surface area contributed by atoms with Crippen LogP contribution >= 0.6 is 0 Å². The number of aryl methyl sites for hydroxylation is 2. The molecular weight excluding hydrogens is 326 g/mol. The summed E-state index contributed by atoms with van der Waals surface area (Å²) in [5, 5.41) is 0. The zero-order chi connectivity index (χ0) is 18.5. The lowest BCUT2D eigenvalue weighted by Crippen LogP contribution is -2.36. The van der Waals surface area contributed by atoms with Crippen LogP contribution < -0.4 is 4.74 Å². The molecule has 1 heterocycles. The summed E-state index contributed by atoms with van der Waals surface area (Å²) in [6, 6.07) is 8.14. The number of benzene rings is 1. The van der Waals surface area contributed by atoms with E-state index in [0.29, 0.717) is 0 Å². The number of amides is 1. The van der Waals surface area contributed by atoms with Crippen LogP contribution in [0.1, 0.15) is 43.1 Å². The van der Waals surface area contributed by atoms with Gasteiger partial charge in [-0.05, 0) is 51.7 Å². The Hall–Kier alpha value is -2.30. The van der Waals surface area contributed by atoms with Crippen molar-refractivity contribution in [3.8, 4) is 5.75 Å². The summed E-state index contributed by atoms with van der Waals surface area (Å²) in [6.07, 6.45) is 6.32. The molecule has 2 unspecified atom stereocenters. The number of hydrogen-bond acceptors (Lipinski definition) is 3. The number of H-pyrrole nitrogens is 1. The van der Waals surface area contributed by atoms with Gasteiger partial charge in [0.15, 0.2) is 0 Å².